The highest BCUT2D eigenvalue weighted by molar-refractivity contribution is 6.44. The summed E-state index contributed by atoms with van der Waals surface area (Å²) in [7, 11) is 0. The van der Waals surface area contributed by atoms with E-state index in [1.54, 1.807) is 0 Å². The minimum Gasteiger partial charge on any atom is -0.481 e. The van der Waals surface area contributed by atoms with Crippen LogP contribution >= 0.6 is 23.2 Å². The van der Waals surface area contributed by atoms with Crippen LogP contribution in [0.4, 0.5) is 0 Å². The van der Waals surface area contributed by atoms with Crippen LogP contribution in [0.1, 0.15) is 6.42 Å². The van der Waals surface area contributed by atoms with Crippen LogP contribution < -0.4 is 0 Å². The number of aliphatic hydroxyl groups is 1. The Balaban J connectivity index is 3.50. The number of carbonyl (C=O) groups is 1. The molecule has 5 heteroatoms. The van der Waals surface area contributed by atoms with E-state index < -0.39 is 23.3 Å². The summed E-state index contributed by atoms with van der Waals surface area (Å²) < 4.78 is 0. The summed E-state index contributed by atoms with van der Waals surface area (Å²) in [4.78, 5) is 8.81. The number of hydrogen-bond donors (Lipinski definition) is 2. The monoisotopic (exact) mass is 172 g/mol. The highest BCUT2D eigenvalue weighted by atomic mass is 35.5. The first-order valence-corrected chi connectivity index (χ1v) is 3.09. The third-order valence-corrected chi connectivity index (χ3v) is 1.26. The van der Waals surface area contributed by atoms with Crippen LogP contribution in [0.2, 0.25) is 0 Å². The quantitative estimate of drug-likeness (QED) is 0.615. The SMILES string of the molecule is O=C(O)C[C@@H](O)C(Cl)Cl. The van der Waals surface area contributed by atoms with Crippen molar-refractivity contribution < 1.29 is 15.0 Å². The summed E-state index contributed by atoms with van der Waals surface area (Å²) in [5.74, 6) is -1.12. The third kappa shape index (κ3) is 4.51. The summed E-state index contributed by atoms with van der Waals surface area (Å²) >= 11 is 10.2. The van der Waals surface area contributed by atoms with Gasteiger partial charge in [0.15, 0.2) is 0 Å². The van der Waals surface area contributed by atoms with E-state index in [-0.39, 0.29) is 0 Å². The molecule has 0 unspecified atom stereocenters. The minimum absolute atomic E-state index is 0.419. The highest BCUT2D eigenvalue weighted by Gasteiger charge is 2.16. The second-order valence-corrected chi connectivity index (χ2v) is 2.66. The van der Waals surface area contributed by atoms with E-state index in [2.05, 4.69) is 0 Å². The second-order valence-electron chi connectivity index (χ2n) is 1.50. The van der Waals surface area contributed by atoms with Gasteiger partial charge in [0.1, 0.15) is 4.84 Å². The molecule has 0 bridgehead atoms. The number of aliphatic carboxylic acids is 1. The smallest absolute Gasteiger partial charge is 0.306 e. The van der Waals surface area contributed by atoms with Gasteiger partial charge in [0, 0.05) is 0 Å². The minimum atomic E-state index is -1.18. The van der Waals surface area contributed by atoms with Crippen molar-refractivity contribution in [2.75, 3.05) is 0 Å². The number of carboxylic acid groups (broad SMARTS) is 1. The van der Waals surface area contributed by atoms with E-state index >= 15 is 0 Å². The van der Waals surface area contributed by atoms with Crippen molar-refractivity contribution >= 4 is 29.2 Å². The maximum Gasteiger partial charge on any atom is 0.306 e. The van der Waals surface area contributed by atoms with Crippen molar-refractivity contribution in [2.45, 2.75) is 17.4 Å². The molecule has 3 nitrogen and oxygen atoms in total. The molecule has 54 valence electrons. The fraction of sp³-hybridized carbons (Fsp3) is 0.750. The van der Waals surface area contributed by atoms with Gasteiger partial charge in [0.2, 0.25) is 0 Å². The molecule has 0 aliphatic rings. The predicted molar refractivity (Wildman–Crippen MR) is 33.8 cm³/mol. The molecule has 0 saturated heterocycles. The highest BCUT2D eigenvalue weighted by Crippen LogP contribution is 2.10. The molecule has 9 heavy (non-hydrogen) atoms. The first kappa shape index (κ1) is 9.01. The van der Waals surface area contributed by atoms with Gasteiger partial charge in [-0.15, -0.1) is 23.2 Å². The van der Waals surface area contributed by atoms with Crippen molar-refractivity contribution in [3.8, 4) is 0 Å². The molecule has 1 atom stereocenters. The molecule has 0 rings (SSSR count). The van der Waals surface area contributed by atoms with Gasteiger partial charge in [0.25, 0.3) is 0 Å². The number of aliphatic hydroxyl groups excluding tert-OH is 1. The van der Waals surface area contributed by atoms with Gasteiger partial charge in [0.05, 0.1) is 12.5 Å². The van der Waals surface area contributed by atoms with Crippen molar-refractivity contribution in [1.29, 1.82) is 0 Å². The van der Waals surface area contributed by atoms with Crippen molar-refractivity contribution in [3.63, 3.8) is 0 Å². The zero-order valence-corrected chi connectivity index (χ0v) is 5.93. The normalized spacial score (nSPS) is 13.8. The van der Waals surface area contributed by atoms with E-state index in [4.69, 9.17) is 33.4 Å². The molecule has 0 fully saturated rings. The topological polar surface area (TPSA) is 57.5 Å². The van der Waals surface area contributed by atoms with E-state index in [0.29, 0.717) is 0 Å². The molecular weight excluding hydrogens is 167 g/mol. The maximum atomic E-state index is 9.84. The van der Waals surface area contributed by atoms with Crippen LogP contribution in [0.5, 0.6) is 0 Å². The number of hydrogen-bond acceptors (Lipinski definition) is 2. The average molecular weight is 173 g/mol. The molecule has 0 radical (unpaired) electrons. The van der Waals surface area contributed by atoms with E-state index in [9.17, 15) is 4.79 Å². The molecule has 0 aliphatic heterocycles. The van der Waals surface area contributed by atoms with Crippen LogP contribution in [0.25, 0.3) is 0 Å². The molecule has 0 saturated carbocycles. The van der Waals surface area contributed by atoms with Crippen LogP contribution in [0.15, 0.2) is 0 Å². The molecule has 0 amide bonds. The third-order valence-electron chi connectivity index (χ3n) is 0.675. The zero-order chi connectivity index (χ0) is 7.44. The number of carboxylic acids is 1. The second kappa shape index (κ2) is 3.93. The van der Waals surface area contributed by atoms with Gasteiger partial charge in [-0.3, -0.25) is 4.79 Å². The lowest BCUT2D eigenvalue weighted by Gasteiger charge is -2.06. The van der Waals surface area contributed by atoms with E-state index in [1.807, 2.05) is 0 Å². The largest absolute Gasteiger partial charge is 0.481 e. The Morgan fingerprint density at radius 2 is 2.00 bits per heavy atom. The Hall–Kier alpha value is 0.01000. The standard InChI is InChI=1S/C4H6Cl2O3/c5-4(6)2(7)1-3(8)9/h2,4,7H,1H2,(H,8,9)/t2-/m1/s1. The Morgan fingerprint density at radius 3 is 2.11 bits per heavy atom. The summed E-state index contributed by atoms with van der Waals surface area (Å²) in [6, 6.07) is 0. The summed E-state index contributed by atoms with van der Waals surface area (Å²) in [5.41, 5.74) is 0. The van der Waals surface area contributed by atoms with Crippen LogP contribution in [-0.2, 0) is 4.79 Å². The Kier molecular flexibility index (Phi) is 3.93. The van der Waals surface area contributed by atoms with Crippen LogP contribution in [0.3, 0.4) is 0 Å². The van der Waals surface area contributed by atoms with Crippen molar-refractivity contribution in [1.82, 2.24) is 0 Å². The van der Waals surface area contributed by atoms with E-state index in [1.165, 1.54) is 0 Å². The number of alkyl halides is 2. The lowest BCUT2D eigenvalue weighted by atomic mass is 10.3. The molecule has 0 aromatic heterocycles. The van der Waals surface area contributed by atoms with Crippen molar-refractivity contribution in [3.05, 3.63) is 0 Å². The van der Waals surface area contributed by atoms with Crippen LogP contribution in [0, 0.1) is 0 Å². The number of rotatable bonds is 3. The number of halogens is 2. The lowest BCUT2D eigenvalue weighted by Crippen LogP contribution is -2.19. The molecule has 0 aromatic carbocycles. The Bertz CT molecular complexity index is 104. The van der Waals surface area contributed by atoms with Gasteiger partial charge in [-0.25, -0.2) is 0 Å². The fourth-order valence-corrected chi connectivity index (χ4v) is 0.446. The molecule has 0 aromatic rings. The molecule has 0 aliphatic carbocycles. The van der Waals surface area contributed by atoms with E-state index in [0.717, 1.165) is 0 Å². The van der Waals surface area contributed by atoms with Gasteiger partial charge < -0.3 is 10.2 Å². The maximum absolute atomic E-state index is 9.84. The zero-order valence-electron chi connectivity index (χ0n) is 4.42. The molecule has 2 N–H and O–H groups in total. The van der Waals surface area contributed by atoms with Gasteiger partial charge in [-0.2, -0.15) is 0 Å². The van der Waals surface area contributed by atoms with Gasteiger partial charge in [-0.1, -0.05) is 0 Å². The lowest BCUT2D eigenvalue weighted by molar-refractivity contribution is -0.138. The van der Waals surface area contributed by atoms with Gasteiger partial charge >= 0.3 is 5.97 Å². The van der Waals surface area contributed by atoms with Crippen LogP contribution in [-0.4, -0.2) is 27.1 Å². The summed E-state index contributed by atoms with van der Waals surface area (Å²) in [6.07, 6.45) is -1.59. The summed E-state index contributed by atoms with van der Waals surface area (Å²) in [5, 5.41) is 16.7. The molecule has 0 heterocycles. The average Bonchev–Trinajstić information content (AvgIpc) is 1.63. The fourth-order valence-electron chi connectivity index (χ4n) is 0.268. The Morgan fingerprint density at radius 1 is 1.56 bits per heavy atom. The molecule has 0 spiro atoms. The summed E-state index contributed by atoms with van der Waals surface area (Å²) in [6.45, 7) is 0. The molecular formula is C4H6Cl2O3. The first-order valence-electron chi connectivity index (χ1n) is 2.22. The first-order chi connectivity index (χ1) is 4.04. The Labute approximate surface area is 62.2 Å². The van der Waals surface area contributed by atoms with Crippen molar-refractivity contribution in [2.24, 2.45) is 0 Å². The van der Waals surface area contributed by atoms with Gasteiger partial charge in [-0.05, 0) is 0 Å². The predicted octanol–water partition coefficient (Wildman–Crippen LogP) is 0.626.